The molecule has 0 spiro atoms. The molecule has 60 valence electrons. The number of aromatic amines is 1. The summed E-state index contributed by atoms with van der Waals surface area (Å²) in [5, 5.41) is 0. The maximum absolute atomic E-state index is 5.70. The van der Waals surface area contributed by atoms with E-state index >= 15 is 0 Å². The number of rotatable bonds is 2. The van der Waals surface area contributed by atoms with Crippen LogP contribution in [0.5, 0.6) is 0 Å². The summed E-state index contributed by atoms with van der Waals surface area (Å²) in [5.74, 6) is 0. The van der Waals surface area contributed by atoms with Gasteiger partial charge in [0, 0.05) is 17.5 Å². The molecule has 0 aliphatic heterocycles. The van der Waals surface area contributed by atoms with Crippen molar-refractivity contribution in [2.45, 2.75) is 20.3 Å². The molecule has 0 bridgehead atoms. The predicted molar refractivity (Wildman–Crippen MR) is 49.3 cm³/mol. The largest absolute Gasteiger partial charge is 0.397 e. The molecule has 1 heterocycles. The third-order valence-electron chi connectivity index (χ3n) is 1.68. The molecule has 2 nitrogen and oxygen atoms in total. The van der Waals surface area contributed by atoms with Crippen LogP contribution in [0, 0.1) is 6.92 Å². The van der Waals surface area contributed by atoms with Gasteiger partial charge in [0.2, 0.25) is 0 Å². The van der Waals surface area contributed by atoms with Crippen molar-refractivity contribution in [3.8, 4) is 0 Å². The van der Waals surface area contributed by atoms with E-state index in [-0.39, 0.29) is 0 Å². The van der Waals surface area contributed by atoms with Gasteiger partial charge in [-0.1, -0.05) is 19.1 Å². The molecule has 1 aromatic rings. The number of nitrogen functional groups attached to an aromatic ring is 1. The zero-order valence-electron chi connectivity index (χ0n) is 7.02. The molecule has 0 unspecified atom stereocenters. The Morgan fingerprint density at radius 1 is 1.64 bits per heavy atom. The fourth-order valence-corrected chi connectivity index (χ4v) is 1.01. The Hall–Kier alpha value is -1.18. The Labute approximate surface area is 67.1 Å². The summed E-state index contributed by atoms with van der Waals surface area (Å²) < 4.78 is 0. The van der Waals surface area contributed by atoms with Crippen LogP contribution in [0.4, 0.5) is 5.69 Å². The minimum absolute atomic E-state index is 0.826. The molecule has 0 amide bonds. The van der Waals surface area contributed by atoms with E-state index in [1.165, 1.54) is 0 Å². The van der Waals surface area contributed by atoms with Crippen molar-refractivity contribution in [3.05, 3.63) is 23.5 Å². The quantitative estimate of drug-likeness (QED) is 0.667. The Kier molecular flexibility index (Phi) is 2.36. The van der Waals surface area contributed by atoms with E-state index < -0.39 is 0 Å². The van der Waals surface area contributed by atoms with E-state index in [4.69, 9.17) is 5.73 Å². The molecule has 2 heteroatoms. The summed E-state index contributed by atoms with van der Waals surface area (Å²) in [6.45, 7) is 4.13. The van der Waals surface area contributed by atoms with Gasteiger partial charge in [0.15, 0.2) is 0 Å². The first kappa shape index (κ1) is 7.92. The average molecular weight is 150 g/mol. The fourth-order valence-electron chi connectivity index (χ4n) is 1.01. The Morgan fingerprint density at radius 2 is 2.36 bits per heavy atom. The predicted octanol–water partition coefficient (Wildman–Crippen LogP) is 2.33. The molecule has 0 radical (unpaired) electrons. The molecule has 3 N–H and O–H groups in total. The zero-order valence-corrected chi connectivity index (χ0v) is 7.02. The highest BCUT2D eigenvalue weighted by Crippen LogP contribution is 2.16. The molecule has 0 atom stereocenters. The Morgan fingerprint density at radius 3 is 2.82 bits per heavy atom. The van der Waals surface area contributed by atoms with Crippen LogP contribution in [0.2, 0.25) is 0 Å². The second-order valence-corrected chi connectivity index (χ2v) is 2.59. The van der Waals surface area contributed by atoms with Gasteiger partial charge in [-0.15, -0.1) is 0 Å². The lowest BCUT2D eigenvalue weighted by Gasteiger charge is -1.91. The molecule has 1 aromatic heterocycles. The van der Waals surface area contributed by atoms with Crippen LogP contribution in [0.3, 0.4) is 0 Å². The van der Waals surface area contributed by atoms with Gasteiger partial charge in [-0.2, -0.15) is 0 Å². The van der Waals surface area contributed by atoms with E-state index in [1.54, 1.807) is 0 Å². The molecule has 0 saturated carbocycles. The number of hydrogen-bond donors (Lipinski definition) is 2. The first-order valence-corrected chi connectivity index (χ1v) is 3.85. The summed E-state index contributed by atoms with van der Waals surface area (Å²) >= 11 is 0. The summed E-state index contributed by atoms with van der Waals surface area (Å²) in [4.78, 5) is 3.07. The number of H-pyrrole nitrogens is 1. The van der Waals surface area contributed by atoms with Gasteiger partial charge in [0.1, 0.15) is 0 Å². The fraction of sp³-hybridized carbons (Fsp3) is 0.333. The third kappa shape index (κ3) is 1.64. The lowest BCUT2D eigenvalue weighted by atomic mass is 10.2. The average Bonchev–Trinajstić information content (AvgIpc) is 2.29. The van der Waals surface area contributed by atoms with E-state index in [1.807, 2.05) is 13.1 Å². The van der Waals surface area contributed by atoms with Crippen molar-refractivity contribution >= 4 is 11.8 Å². The first-order chi connectivity index (χ1) is 5.25. The molecular formula is C9H14N2. The van der Waals surface area contributed by atoms with Crippen molar-refractivity contribution in [2.24, 2.45) is 0 Å². The van der Waals surface area contributed by atoms with Gasteiger partial charge in [0.05, 0.1) is 5.69 Å². The van der Waals surface area contributed by atoms with Crippen molar-refractivity contribution in [3.63, 3.8) is 0 Å². The van der Waals surface area contributed by atoms with Crippen LogP contribution in [-0.4, -0.2) is 4.98 Å². The molecular weight excluding hydrogens is 136 g/mol. The lowest BCUT2D eigenvalue weighted by Crippen LogP contribution is -1.83. The van der Waals surface area contributed by atoms with E-state index in [0.717, 1.165) is 23.4 Å². The number of aromatic nitrogens is 1. The minimum atomic E-state index is 0.826. The summed E-state index contributed by atoms with van der Waals surface area (Å²) in [6, 6.07) is 0. The SMILES string of the molecule is CCC=Cc1c(N)c[nH]c1C. The monoisotopic (exact) mass is 150 g/mol. The van der Waals surface area contributed by atoms with Crippen molar-refractivity contribution in [1.82, 2.24) is 4.98 Å². The van der Waals surface area contributed by atoms with E-state index in [9.17, 15) is 0 Å². The van der Waals surface area contributed by atoms with E-state index in [0.29, 0.717) is 0 Å². The van der Waals surface area contributed by atoms with Gasteiger partial charge >= 0.3 is 0 Å². The van der Waals surface area contributed by atoms with Gasteiger partial charge < -0.3 is 10.7 Å². The molecule has 0 aliphatic rings. The van der Waals surface area contributed by atoms with Crippen LogP contribution in [0.1, 0.15) is 24.6 Å². The van der Waals surface area contributed by atoms with Crippen LogP contribution >= 0.6 is 0 Å². The number of anilines is 1. The molecule has 1 rings (SSSR count). The Bertz CT molecular complexity index is 239. The number of aryl methyl sites for hydroxylation is 1. The smallest absolute Gasteiger partial charge is 0.0568 e. The van der Waals surface area contributed by atoms with Crippen LogP contribution in [-0.2, 0) is 0 Å². The summed E-state index contributed by atoms with van der Waals surface area (Å²) in [6.07, 6.45) is 7.03. The highest BCUT2D eigenvalue weighted by molar-refractivity contribution is 5.66. The number of hydrogen-bond acceptors (Lipinski definition) is 1. The highest BCUT2D eigenvalue weighted by Gasteiger charge is 1.98. The number of allylic oxidation sites excluding steroid dienone is 1. The van der Waals surface area contributed by atoms with Crippen molar-refractivity contribution in [2.75, 3.05) is 5.73 Å². The maximum atomic E-state index is 5.70. The van der Waals surface area contributed by atoms with E-state index in [2.05, 4.69) is 24.1 Å². The van der Waals surface area contributed by atoms with Gasteiger partial charge in [-0.25, -0.2) is 0 Å². The van der Waals surface area contributed by atoms with Crippen LogP contribution < -0.4 is 5.73 Å². The van der Waals surface area contributed by atoms with Crippen molar-refractivity contribution < 1.29 is 0 Å². The molecule has 11 heavy (non-hydrogen) atoms. The summed E-state index contributed by atoms with van der Waals surface area (Å²) in [7, 11) is 0. The number of nitrogens with two attached hydrogens (primary N) is 1. The zero-order chi connectivity index (χ0) is 8.27. The van der Waals surface area contributed by atoms with Crippen LogP contribution in [0.15, 0.2) is 12.3 Å². The van der Waals surface area contributed by atoms with Crippen LogP contribution in [0.25, 0.3) is 6.08 Å². The van der Waals surface area contributed by atoms with Crippen molar-refractivity contribution in [1.29, 1.82) is 0 Å². The molecule has 0 aliphatic carbocycles. The Balaban J connectivity index is 2.92. The summed E-state index contributed by atoms with van der Waals surface area (Å²) in [5.41, 5.74) is 8.77. The van der Waals surface area contributed by atoms with Gasteiger partial charge in [0.25, 0.3) is 0 Å². The normalized spacial score (nSPS) is 11.1. The minimum Gasteiger partial charge on any atom is -0.397 e. The molecule has 0 fully saturated rings. The highest BCUT2D eigenvalue weighted by atomic mass is 14.7. The third-order valence-corrected chi connectivity index (χ3v) is 1.68. The molecule has 0 aromatic carbocycles. The number of nitrogens with one attached hydrogen (secondary N) is 1. The second kappa shape index (κ2) is 3.28. The maximum Gasteiger partial charge on any atom is 0.0568 e. The molecule has 0 saturated heterocycles. The second-order valence-electron chi connectivity index (χ2n) is 2.59. The standard InChI is InChI=1S/C9H14N2/c1-3-4-5-8-7(2)11-6-9(8)10/h4-6,11H,3,10H2,1-2H3. The lowest BCUT2D eigenvalue weighted by molar-refractivity contribution is 1.23. The topological polar surface area (TPSA) is 41.8 Å². The van der Waals surface area contributed by atoms with Gasteiger partial charge in [-0.3, -0.25) is 0 Å². The van der Waals surface area contributed by atoms with Gasteiger partial charge in [-0.05, 0) is 13.3 Å². The first-order valence-electron chi connectivity index (χ1n) is 3.85.